The molecule has 0 spiro atoms. The monoisotopic (exact) mass is 283 g/mol. The first-order chi connectivity index (χ1) is 8.99. The van der Waals surface area contributed by atoms with Crippen LogP contribution in [0.4, 0.5) is 5.69 Å². The van der Waals surface area contributed by atoms with Crippen LogP contribution in [0.3, 0.4) is 0 Å². The van der Waals surface area contributed by atoms with E-state index < -0.39 is 9.84 Å². The SMILES string of the molecule is CCC1CC(Nc2cccc(S(C)(=O)=O)c2)CCO1. The molecule has 2 rings (SSSR count). The van der Waals surface area contributed by atoms with Gasteiger partial charge in [0.15, 0.2) is 9.84 Å². The molecular formula is C14H21NO3S. The fourth-order valence-corrected chi connectivity index (χ4v) is 3.01. The summed E-state index contributed by atoms with van der Waals surface area (Å²) in [5.74, 6) is 0. The first-order valence-corrected chi connectivity index (χ1v) is 8.56. The summed E-state index contributed by atoms with van der Waals surface area (Å²) in [6, 6.07) is 7.36. The average molecular weight is 283 g/mol. The molecule has 1 fully saturated rings. The van der Waals surface area contributed by atoms with Crippen molar-refractivity contribution in [1.82, 2.24) is 0 Å². The minimum absolute atomic E-state index is 0.310. The fourth-order valence-electron chi connectivity index (χ4n) is 2.35. The summed E-state index contributed by atoms with van der Waals surface area (Å²) in [7, 11) is -3.15. The van der Waals surface area contributed by atoms with E-state index in [9.17, 15) is 8.42 Å². The molecule has 1 heterocycles. The van der Waals surface area contributed by atoms with Gasteiger partial charge < -0.3 is 10.1 Å². The second kappa shape index (κ2) is 5.92. The van der Waals surface area contributed by atoms with E-state index in [1.54, 1.807) is 18.2 Å². The highest BCUT2D eigenvalue weighted by Gasteiger charge is 2.21. The molecule has 19 heavy (non-hydrogen) atoms. The van der Waals surface area contributed by atoms with Gasteiger partial charge in [-0.15, -0.1) is 0 Å². The third kappa shape index (κ3) is 3.94. The summed E-state index contributed by atoms with van der Waals surface area (Å²) >= 11 is 0. The Morgan fingerprint density at radius 3 is 2.89 bits per heavy atom. The van der Waals surface area contributed by atoms with E-state index >= 15 is 0 Å². The van der Waals surface area contributed by atoms with Gasteiger partial charge in [-0.1, -0.05) is 13.0 Å². The normalized spacial score (nSPS) is 24.1. The highest BCUT2D eigenvalue weighted by Crippen LogP contribution is 2.22. The Morgan fingerprint density at radius 1 is 1.42 bits per heavy atom. The molecule has 0 radical (unpaired) electrons. The first kappa shape index (κ1) is 14.3. The number of hydrogen-bond acceptors (Lipinski definition) is 4. The third-order valence-electron chi connectivity index (χ3n) is 3.46. The van der Waals surface area contributed by atoms with Crippen molar-refractivity contribution >= 4 is 15.5 Å². The molecule has 1 aromatic rings. The van der Waals surface area contributed by atoms with Crippen LogP contribution in [0.25, 0.3) is 0 Å². The predicted molar refractivity (Wildman–Crippen MR) is 76.2 cm³/mol. The highest BCUT2D eigenvalue weighted by atomic mass is 32.2. The molecule has 1 aliphatic heterocycles. The summed E-state index contributed by atoms with van der Waals surface area (Å²) in [4.78, 5) is 0.358. The molecule has 0 bridgehead atoms. The van der Waals surface area contributed by atoms with Crippen LogP contribution in [0.1, 0.15) is 26.2 Å². The highest BCUT2D eigenvalue weighted by molar-refractivity contribution is 7.90. The molecule has 1 N–H and O–H groups in total. The van der Waals surface area contributed by atoms with Crippen LogP contribution in [-0.2, 0) is 14.6 Å². The zero-order valence-corrected chi connectivity index (χ0v) is 12.2. The second-order valence-corrected chi connectivity index (χ2v) is 7.08. The number of benzene rings is 1. The van der Waals surface area contributed by atoms with Crippen molar-refractivity contribution < 1.29 is 13.2 Å². The Balaban J connectivity index is 2.07. The van der Waals surface area contributed by atoms with Gasteiger partial charge in [-0.3, -0.25) is 0 Å². The van der Waals surface area contributed by atoms with Crippen LogP contribution in [-0.4, -0.2) is 33.4 Å². The van der Waals surface area contributed by atoms with E-state index in [1.165, 1.54) is 6.26 Å². The molecule has 5 heteroatoms. The maximum absolute atomic E-state index is 11.5. The maximum atomic E-state index is 11.5. The minimum Gasteiger partial charge on any atom is -0.382 e. The molecule has 106 valence electrons. The largest absolute Gasteiger partial charge is 0.382 e. The Hall–Kier alpha value is -1.07. The Kier molecular flexibility index (Phi) is 4.47. The molecular weight excluding hydrogens is 262 g/mol. The van der Waals surface area contributed by atoms with Crippen molar-refractivity contribution in [1.29, 1.82) is 0 Å². The lowest BCUT2D eigenvalue weighted by atomic mass is 10.0. The second-order valence-electron chi connectivity index (χ2n) is 5.07. The molecule has 1 aliphatic rings. The van der Waals surface area contributed by atoms with Crippen molar-refractivity contribution in [2.24, 2.45) is 0 Å². The molecule has 1 aromatic carbocycles. The summed E-state index contributed by atoms with van der Waals surface area (Å²) < 4.78 is 28.7. The van der Waals surface area contributed by atoms with Crippen LogP contribution in [0, 0.1) is 0 Å². The lowest BCUT2D eigenvalue weighted by Crippen LogP contribution is -2.33. The van der Waals surface area contributed by atoms with Crippen molar-refractivity contribution in [2.45, 2.75) is 43.2 Å². The number of anilines is 1. The molecule has 4 nitrogen and oxygen atoms in total. The molecule has 0 saturated carbocycles. The van der Waals surface area contributed by atoms with E-state index in [0.29, 0.717) is 17.0 Å². The van der Waals surface area contributed by atoms with Gasteiger partial charge in [0, 0.05) is 24.6 Å². The predicted octanol–water partition coefficient (Wildman–Crippen LogP) is 2.46. The molecule has 0 amide bonds. The van der Waals surface area contributed by atoms with Crippen LogP contribution >= 0.6 is 0 Å². The number of ether oxygens (including phenoxy) is 1. The number of hydrogen-bond donors (Lipinski definition) is 1. The summed E-state index contributed by atoms with van der Waals surface area (Å²) in [6.07, 6.45) is 4.48. The van der Waals surface area contributed by atoms with Crippen LogP contribution in [0.2, 0.25) is 0 Å². The number of rotatable bonds is 4. The van der Waals surface area contributed by atoms with E-state index in [1.807, 2.05) is 6.07 Å². The van der Waals surface area contributed by atoms with Gasteiger partial charge in [-0.2, -0.15) is 0 Å². The van der Waals surface area contributed by atoms with Crippen LogP contribution in [0.15, 0.2) is 29.2 Å². The third-order valence-corrected chi connectivity index (χ3v) is 4.57. The molecule has 0 aliphatic carbocycles. The topological polar surface area (TPSA) is 55.4 Å². The quantitative estimate of drug-likeness (QED) is 0.922. The Bertz CT molecular complexity index is 527. The number of sulfone groups is 1. The maximum Gasteiger partial charge on any atom is 0.175 e. The molecule has 2 unspecified atom stereocenters. The zero-order valence-electron chi connectivity index (χ0n) is 11.4. The summed E-state index contributed by atoms with van der Waals surface area (Å²) in [5.41, 5.74) is 0.865. The van der Waals surface area contributed by atoms with Gasteiger partial charge in [0.1, 0.15) is 0 Å². The molecule has 2 atom stereocenters. The van der Waals surface area contributed by atoms with Crippen molar-refractivity contribution in [3.8, 4) is 0 Å². The van der Waals surface area contributed by atoms with Gasteiger partial charge >= 0.3 is 0 Å². The van der Waals surface area contributed by atoms with Crippen LogP contribution in [0.5, 0.6) is 0 Å². The molecule has 0 aromatic heterocycles. The average Bonchev–Trinajstić information content (AvgIpc) is 2.38. The van der Waals surface area contributed by atoms with Gasteiger partial charge in [0.25, 0.3) is 0 Å². The Morgan fingerprint density at radius 2 is 2.21 bits per heavy atom. The first-order valence-electron chi connectivity index (χ1n) is 6.67. The van der Waals surface area contributed by atoms with Crippen LogP contribution < -0.4 is 5.32 Å². The zero-order chi connectivity index (χ0) is 13.9. The number of nitrogens with one attached hydrogen (secondary N) is 1. The van der Waals surface area contributed by atoms with E-state index in [4.69, 9.17) is 4.74 Å². The van der Waals surface area contributed by atoms with Crippen molar-refractivity contribution in [2.75, 3.05) is 18.2 Å². The summed E-state index contributed by atoms with van der Waals surface area (Å²) in [5, 5.41) is 3.41. The minimum atomic E-state index is -3.15. The van der Waals surface area contributed by atoms with Gasteiger partial charge in [0.2, 0.25) is 0 Å². The standard InChI is InChI=1S/C14H21NO3S/c1-3-13-9-12(7-8-18-13)15-11-5-4-6-14(10-11)19(2,16)17/h4-6,10,12-13,15H,3,7-9H2,1-2H3. The van der Waals surface area contributed by atoms with Gasteiger partial charge in [-0.25, -0.2) is 8.42 Å². The van der Waals surface area contributed by atoms with E-state index in [0.717, 1.165) is 31.6 Å². The van der Waals surface area contributed by atoms with E-state index in [-0.39, 0.29) is 0 Å². The van der Waals surface area contributed by atoms with Gasteiger partial charge in [-0.05, 0) is 37.5 Å². The lowest BCUT2D eigenvalue weighted by Gasteiger charge is -2.30. The smallest absolute Gasteiger partial charge is 0.175 e. The van der Waals surface area contributed by atoms with E-state index in [2.05, 4.69) is 12.2 Å². The van der Waals surface area contributed by atoms with Gasteiger partial charge in [0.05, 0.1) is 11.0 Å². The van der Waals surface area contributed by atoms with Crippen molar-refractivity contribution in [3.05, 3.63) is 24.3 Å². The lowest BCUT2D eigenvalue weighted by molar-refractivity contribution is 0.00925. The summed E-state index contributed by atoms with van der Waals surface area (Å²) in [6.45, 7) is 2.89. The Labute approximate surface area is 115 Å². The molecule has 1 saturated heterocycles. The fraction of sp³-hybridized carbons (Fsp3) is 0.571. The van der Waals surface area contributed by atoms with Crippen molar-refractivity contribution in [3.63, 3.8) is 0 Å².